The van der Waals surface area contributed by atoms with E-state index < -0.39 is 104 Å². The second-order valence-electron chi connectivity index (χ2n) is 28.0. The van der Waals surface area contributed by atoms with Crippen molar-refractivity contribution in [2.24, 2.45) is 11.8 Å². The molecule has 77 heavy (non-hydrogen) atoms. The number of methoxy groups -OCH3 is 1. The van der Waals surface area contributed by atoms with Crippen LogP contribution in [0.4, 0.5) is 0 Å². The number of aliphatic hydroxyl groups is 1. The number of benzene rings is 1. The summed E-state index contributed by atoms with van der Waals surface area (Å²) in [6, 6.07) is 9.54. The third-order valence-electron chi connectivity index (χ3n) is 18.1. The number of nitrogens with zero attached hydrogens (tertiary/aromatic N) is 1. The zero-order valence-corrected chi connectivity index (χ0v) is 55.0. The predicted molar refractivity (Wildman–Crippen MR) is 313 cm³/mol. The molecule has 1 aromatic rings. The summed E-state index contributed by atoms with van der Waals surface area (Å²) in [6.45, 7) is 44.1. The topological polar surface area (TPSA) is 142 Å². The molecule has 1 aromatic carbocycles. The maximum Gasteiger partial charge on any atom is 0.308 e. The third-order valence-corrected chi connectivity index (χ3v) is 31.5. The van der Waals surface area contributed by atoms with Crippen molar-refractivity contribution < 1.29 is 61.1 Å². The van der Waals surface area contributed by atoms with E-state index >= 15 is 0 Å². The fourth-order valence-corrected chi connectivity index (χ4v) is 14.2. The summed E-state index contributed by atoms with van der Waals surface area (Å²) in [6.07, 6.45) is 1.97. The molecule has 17 heteroatoms. The normalized spacial score (nSPS) is 36.8. The van der Waals surface area contributed by atoms with Crippen LogP contribution < -0.4 is 0 Å². The van der Waals surface area contributed by atoms with Crippen molar-refractivity contribution in [2.45, 2.75) is 282 Å². The van der Waals surface area contributed by atoms with Crippen LogP contribution in [-0.4, -0.2) is 154 Å². The van der Waals surface area contributed by atoms with Gasteiger partial charge in [-0.15, -0.1) is 0 Å². The van der Waals surface area contributed by atoms with Crippen LogP contribution in [0.2, 0.25) is 54.4 Å². The van der Waals surface area contributed by atoms with Crippen LogP contribution in [0.3, 0.4) is 0 Å². The Morgan fingerprint density at radius 2 is 1.31 bits per heavy atom. The largest absolute Gasteiger partial charge is 0.462 e. The van der Waals surface area contributed by atoms with Gasteiger partial charge in [-0.1, -0.05) is 124 Å². The summed E-state index contributed by atoms with van der Waals surface area (Å²) < 4.78 is 77.1. The molecule has 0 aliphatic carbocycles. The Labute approximate surface area is 469 Å². The average molecular weight is 1130 g/mol. The van der Waals surface area contributed by atoms with E-state index in [0.717, 1.165) is 5.56 Å². The molecule has 4 aliphatic heterocycles. The summed E-state index contributed by atoms with van der Waals surface area (Å²) in [4.78, 5) is 16.3. The van der Waals surface area contributed by atoms with Crippen molar-refractivity contribution in [2.75, 3.05) is 21.2 Å². The van der Waals surface area contributed by atoms with Gasteiger partial charge in [0.15, 0.2) is 37.5 Å². The molecule has 1 N–H and O–H groups in total. The molecular formula is C60H107NO13Si3. The summed E-state index contributed by atoms with van der Waals surface area (Å²) >= 11 is 0. The van der Waals surface area contributed by atoms with Crippen LogP contribution in [0.25, 0.3) is 0 Å². The van der Waals surface area contributed by atoms with Crippen LogP contribution in [0.5, 0.6) is 0 Å². The molecule has 1 unspecified atom stereocenters. The van der Waals surface area contributed by atoms with Gasteiger partial charge in [0.1, 0.15) is 36.8 Å². The second kappa shape index (κ2) is 26.3. The first-order valence-corrected chi connectivity index (χ1v) is 37.5. The summed E-state index contributed by atoms with van der Waals surface area (Å²) in [5.41, 5.74) is -0.248. The highest BCUT2D eigenvalue weighted by molar-refractivity contribution is 6.75. The van der Waals surface area contributed by atoms with Crippen molar-refractivity contribution in [1.29, 1.82) is 0 Å². The fourth-order valence-electron chi connectivity index (χ4n) is 10.4. The molecule has 4 heterocycles. The smallest absolute Gasteiger partial charge is 0.308 e. The lowest BCUT2D eigenvalue weighted by Crippen LogP contribution is -2.68. The molecule has 0 radical (unpaired) electrons. The molecule has 4 aliphatic rings. The predicted octanol–water partition coefficient (Wildman–Crippen LogP) is 12.3. The first kappa shape index (κ1) is 66.1. The molecule has 442 valence electrons. The maximum absolute atomic E-state index is 14.2. The number of cyclic esters (lactones) is 1. The molecule has 17 atom stereocenters. The Kier molecular flexibility index (Phi) is 22.6. The Morgan fingerprint density at radius 1 is 0.714 bits per heavy atom. The number of carbonyl (C=O) groups is 1. The van der Waals surface area contributed by atoms with Crippen molar-refractivity contribution in [3.63, 3.8) is 0 Å². The molecule has 0 saturated carbocycles. The SMILES string of the molecule is CO[C@@H]1[C@@H](O[C@H]2O[C@@H](C)[C@H](O[C@@H]3C[C@](C)(O)[C@H](OCc4ccccc4)[C@@H](C)O3)[C@@H](N(C)C)[C@@H]2O[Si](C)(C)C(C)(C)C)[C@H]2CC(O[Si](C)(C)C(C)(C)C)O[C@@H]1CC(=O)O[C@H](C)C/C=C/C=C/[C@H](O[Si](C)(C)C(C)(C)C)[C@H](C)C2. The van der Waals surface area contributed by atoms with E-state index in [2.05, 4.69) is 126 Å². The van der Waals surface area contributed by atoms with Crippen LogP contribution in [0.15, 0.2) is 54.6 Å². The highest BCUT2D eigenvalue weighted by Gasteiger charge is 2.56. The van der Waals surface area contributed by atoms with Crippen molar-refractivity contribution in [3.05, 3.63) is 60.2 Å². The minimum absolute atomic E-state index is 0.000424. The van der Waals surface area contributed by atoms with Gasteiger partial charge in [0, 0.05) is 26.4 Å². The van der Waals surface area contributed by atoms with Crippen LogP contribution >= 0.6 is 0 Å². The summed E-state index contributed by atoms with van der Waals surface area (Å²) in [5.74, 6) is -0.634. The van der Waals surface area contributed by atoms with E-state index in [1.165, 1.54) is 0 Å². The summed E-state index contributed by atoms with van der Waals surface area (Å²) in [5, 5.41) is 11.7. The van der Waals surface area contributed by atoms with Gasteiger partial charge in [-0.05, 0) is 120 Å². The highest BCUT2D eigenvalue weighted by atomic mass is 28.4. The van der Waals surface area contributed by atoms with E-state index in [1.54, 1.807) is 14.0 Å². The first-order chi connectivity index (χ1) is 35.4. The number of rotatable bonds is 15. The third kappa shape index (κ3) is 17.2. The van der Waals surface area contributed by atoms with E-state index in [-0.39, 0.29) is 58.0 Å². The van der Waals surface area contributed by atoms with E-state index in [0.29, 0.717) is 25.9 Å². The molecule has 0 amide bonds. The molecule has 14 nitrogen and oxygen atoms in total. The van der Waals surface area contributed by atoms with Crippen molar-refractivity contribution >= 4 is 30.9 Å². The lowest BCUT2D eigenvalue weighted by atomic mass is 9.83. The Bertz CT molecular complexity index is 2070. The Hall–Kier alpha value is -1.66. The molecule has 5 rings (SSSR count). The van der Waals surface area contributed by atoms with E-state index in [1.807, 2.05) is 77.4 Å². The van der Waals surface area contributed by atoms with E-state index in [4.69, 9.17) is 51.2 Å². The number of fused-ring (bicyclic) bond motifs is 3. The molecule has 3 saturated heterocycles. The van der Waals surface area contributed by atoms with Gasteiger partial charge in [-0.2, -0.15) is 0 Å². The van der Waals surface area contributed by atoms with Crippen LogP contribution in [-0.2, 0) is 62.6 Å². The van der Waals surface area contributed by atoms with Crippen LogP contribution in [0.1, 0.15) is 135 Å². The minimum Gasteiger partial charge on any atom is -0.462 e. The minimum atomic E-state index is -2.61. The molecule has 3 fully saturated rings. The molecule has 0 spiro atoms. The number of hydrogen-bond donors (Lipinski definition) is 1. The Morgan fingerprint density at radius 3 is 1.88 bits per heavy atom. The van der Waals surface area contributed by atoms with Crippen molar-refractivity contribution in [1.82, 2.24) is 4.90 Å². The van der Waals surface area contributed by atoms with Gasteiger partial charge in [-0.3, -0.25) is 4.79 Å². The fraction of sp³-hybridized carbons (Fsp3) is 0.817. The first-order valence-electron chi connectivity index (χ1n) is 28.8. The number of carbonyl (C=O) groups excluding carboxylic acids is 1. The average Bonchev–Trinajstić information content (AvgIpc) is 3.39. The number of likely N-dealkylation sites (N-methyl/N-ethyl adjacent to an activating group) is 1. The zero-order chi connectivity index (χ0) is 57.9. The number of esters is 1. The van der Waals surface area contributed by atoms with Gasteiger partial charge in [0.25, 0.3) is 0 Å². The highest BCUT2D eigenvalue weighted by Crippen LogP contribution is 2.46. The monoisotopic (exact) mass is 1130 g/mol. The number of hydrogen-bond acceptors (Lipinski definition) is 14. The van der Waals surface area contributed by atoms with Crippen molar-refractivity contribution in [3.8, 4) is 0 Å². The van der Waals surface area contributed by atoms with Crippen LogP contribution in [0, 0.1) is 11.8 Å². The lowest BCUT2D eigenvalue weighted by Gasteiger charge is -2.53. The van der Waals surface area contributed by atoms with Gasteiger partial charge in [-0.25, -0.2) is 0 Å². The quantitative estimate of drug-likeness (QED) is 0.131. The van der Waals surface area contributed by atoms with Gasteiger partial charge >= 0.3 is 5.97 Å². The lowest BCUT2D eigenvalue weighted by molar-refractivity contribution is -0.344. The maximum atomic E-state index is 14.2. The molecule has 0 aromatic heterocycles. The molecular weight excluding hydrogens is 1030 g/mol. The second-order valence-corrected chi connectivity index (χ2v) is 42.3. The Balaban J connectivity index is 1.63. The zero-order valence-electron chi connectivity index (χ0n) is 52.0. The number of ether oxygens (including phenoxy) is 8. The number of allylic oxidation sites excluding steroid dienone is 2. The van der Waals surface area contributed by atoms with Gasteiger partial charge < -0.3 is 61.2 Å². The van der Waals surface area contributed by atoms with Gasteiger partial charge in [0.2, 0.25) is 0 Å². The van der Waals surface area contributed by atoms with Gasteiger partial charge in [0.05, 0.1) is 55.2 Å². The molecule has 2 bridgehead atoms. The van der Waals surface area contributed by atoms with E-state index in [9.17, 15) is 9.90 Å². The summed E-state index contributed by atoms with van der Waals surface area (Å²) in [7, 11) is -1.60. The standard InChI is InChI=1S/C60H107NO13Si3/c1-39-34-44-35-48(73-76(20,21)58(8,9)10)69-46(36-47(62)66-40(2)30-26-24-29-33-45(39)72-75(18,19)57(5,6)7)53(64-17)52(44)71-56-54(74-77(22,23)59(11,12)13)50(61(15)16)51(41(3)68-56)70-49-37-60(14,63)55(42(4)67-49)65-38-43-31-27-25-28-32-43/h24-29,31-33,39-42,44-46,48-56,63H,30,34-38H2,1-23H3/b26-24+,33-29+/t39-,40-,41+,42-,44-,45+,46-,48?,49-,50-,51+,52+,53+,54+,55-,56-,60+/m1/s1.